The van der Waals surface area contributed by atoms with E-state index in [1.165, 1.54) is 0 Å². The monoisotopic (exact) mass is 360 g/mol. The second kappa shape index (κ2) is 7.37. The number of carbonyl (C=O) groups excluding carboxylic acids is 1. The number of furan rings is 1. The van der Waals surface area contributed by atoms with E-state index in [9.17, 15) is 4.79 Å². The van der Waals surface area contributed by atoms with Gasteiger partial charge in [-0.05, 0) is 34.5 Å². The fourth-order valence-corrected chi connectivity index (χ4v) is 3.08. The van der Waals surface area contributed by atoms with Gasteiger partial charge in [-0.1, -0.05) is 42.5 Å². The number of hydrogen-bond donors (Lipinski definition) is 2. The molecule has 0 saturated heterocycles. The van der Waals surface area contributed by atoms with E-state index < -0.39 is 0 Å². The van der Waals surface area contributed by atoms with Gasteiger partial charge in [-0.25, -0.2) is 4.79 Å². The number of carbonyl (C=O) groups is 1. The molecule has 6 heteroatoms. The first-order valence-electron chi connectivity index (χ1n) is 8.76. The highest BCUT2D eigenvalue weighted by atomic mass is 16.3. The van der Waals surface area contributed by atoms with Crippen molar-refractivity contribution in [1.82, 2.24) is 20.4 Å². The van der Waals surface area contributed by atoms with Crippen molar-refractivity contribution in [1.29, 1.82) is 0 Å². The van der Waals surface area contributed by atoms with E-state index in [2.05, 4.69) is 33.9 Å². The molecule has 0 radical (unpaired) electrons. The fraction of sp³-hybridized carbons (Fsp3) is 0.143. The Morgan fingerprint density at radius 3 is 2.67 bits per heavy atom. The maximum Gasteiger partial charge on any atom is 0.315 e. The van der Waals surface area contributed by atoms with E-state index in [1.54, 1.807) is 10.9 Å². The van der Waals surface area contributed by atoms with Gasteiger partial charge < -0.3 is 15.1 Å². The normalized spacial score (nSPS) is 10.9. The molecule has 2 heterocycles. The van der Waals surface area contributed by atoms with Gasteiger partial charge in [0.25, 0.3) is 0 Å². The minimum absolute atomic E-state index is 0.235. The Kier molecular flexibility index (Phi) is 4.61. The summed E-state index contributed by atoms with van der Waals surface area (Å²) in [6.45, 7) is 0.783. The van der Waals surface area contributed by atoms with E-state index >= 15 is 0 Å². The van der Waals surface area contributed by atoms with Crippen LogP contribution in [0, 0.1) is 0 Å². The highest BCUT2D eigenvalue weighted by Crippen LogP contribution is 2.21. The van der Waals surface area contributed by atoms with Gasteiger partial charge in [-0.15, -0.1) is 0 Å². The molecule has 0 spiro atoms. The lowest BCUT2D eigenvalue weighted by atomic mass is 10.0. The summed E-state index contributed by atoms with van der Waals surface area (Å²) in [6, 6.07) is 19.6. The van der Waals surface area contributed by atoms with Crippen molar-refractivity contribution in [2.24, 2.45) is 7.05 Å². The number of benzene rings is 2. The van der Waals surface area contributed by atoms with E-state index in [0.29, 0.717) is 18.8 Å². The van der Waals surface area contributed by atoms with E-state index in [0.717, 1.165) is 27.8 Å². The third-order valence-electron chi connectivity index (χ3n) is 4.48. The molecule has 2 N–H and O–H groups in total. The Labute approximate surface area is 156 Å². The van der Waals surface area contributed by atoms with E-state index in [-0.39, 0.29) is 6.03 Å². The summed E-state index contributed by atoms with van der Waals surface area (Å²) < 4.78 is 7.52. The van der Waals surface area contributed by atoms with Crippen LogP contribution in [0.15, 0.2) is 71.3 Å². The molecule has 0 fully saturated rings. The first-order chi connectivity index (χ1) is 13.2. The molecule has 27 heavy (non-hydrogen) atoms. The third kappa shape index (κ3) is 3.69. The molecular weight excluding hydrogens is 340 g/mol. The van der Waals surface area contributed by atoms with E-state index in [4.69, 9.17) is 4.42 Å². The third-order valence-corrected chi connectivity index (χ3v) is 4.48. The molecule has 2 aromatic heterocycles. The molecule has 136 valence electrons. The van der Waals surface area contributed by atoms with Gasteiger partial charge in [0.05, 0.1) is 6.54 Å². The molecule has 6 nitrogen and oxygen atoms in total. The van der Waals surface area contributed by atoms with Crippen LogP contribution in [0.25, 0.3) is 22.2 Å². The van der Waals surface area contributed by atoms with Gasteiger partial charge in [-0.2, -0.15) is 5.10 Å². The van der Waals surface area contributed by atoms with Crippen molar-refractivity contribution in [2.75, 3.05) is 0 Å². The molecular formula is C21H20N4O2. The molecule has 0 aliphatic heterocycles. The number of nitrogens with one attached hydrogen (secondary N) is 2. The van der Waals surface area contributed by atoms with Crippen LogP contribution >= 0.6 is 0 Å². The predicted molar refractivity (Wildman–Crippen MR) is 104 cm³/mol. The van der Waals surface area contributed by atoms with Gasteiger partial charge >= 0.3 is 6.03 Å². The number of rotatable bonds is 5. The summed E-state index contributed by atoms with van der Waals surface area (Å²) in [6.07, 6.45) is 1.72. The maximum atomic E-state index is 12.1. The molecule has 2 aromatic carbocycles. The van der Waals surface area contributed by atoms with Crippen LogP contribution in [-0.4, -0.2) is 15.8 Å². The molecule has 2 amide bonds. The highest BCUT2D eigenvalue weighted by molar-refractivity contribution is 5.86. The lowest BCUT2D eigenvalue weighted by Gasteiger charge is -2.09. The van der Waals surface area contributed by atoms with Crippen molar-refractivity contribution in [3.8, 4) is 11.5 Å². The van der Waals surface area contributed by atoms with Crippen LogP contribution in [0.2, 0.25) is 0 Å². The Hall–Kier alpha value is -3.54. The van der Waals surface area contributed by atoms with Gasteiger partial charge in [-0.3, -0.25) is 4.68 Å². The average molecular weight is 360 g/mol. The number of aromatic nitrogens is 2. The zero-order valence-corrected chi connectivity index (χ0v) is 15.0. The van der Waals surface area contributed by atoms with Crippen LogP contribution in [0.1, 0.15) is 11.3 Å². The molecule has 0 atom stereocenters. The number of fused-ring (bicyclic) bond motifs is 1. The largest absolute Gasteiger partial charge is 0.458 e. The SMILES string of the molecule is Cn1nccc1-c1ccc(CNC(=O)NCc2cccc3ccccc23)o1. The summed E-state index contributed by atoms with van der Waals surface area (Å²) in [4.78, 5) is 12.1. The second-order valence-corrected chi connectivity index (χ2v) is 6.28. The smallest absolute Gasteiger partial charge is 0.315 e. The second-order valence-electron chi connectivity index (χ2n) is 6.28. The highest BCUT2D eigenvalue weighted by Gasteiger charge is 2.09. The number of hydrogen-bond acceptors (Lipinski definition) is 3. The molecule has 4 rings (SSSR count). The molecule has 0 bridgehead atoms. The molecule has 0 aliphatic carbocycles. The lowest BCUT2D eigenvalue weighted by Crippen LogP contribution is -2.34. The molecule has 0 unspecified atom stereocenters. The first-order valence-corrected chi connectivity index (χ1v) is 8.76. The van der Waals surface area contributed by atoms with Gasteiger partial charge in [0.1, 0.15) is 11.5 Å². The van der Waals surface area contributed by atoms with Crippen LogP contribution in [0.5, 0.6) is 0 Å². The topological polar surface area (TPSA) is 72.1 Å². The standard InChI is InChI=1S/C21H20N4O2/c1-25-19(11-12-24-25)20-10-9-17(27-20)14-23-21(26)22-13-16-7-4-6-15-5-2-3-8-18(15)16/h2-12H,13-14H2,1H3,(H2,22,23,26). The van der Waals surface area contributed by atoms with Crippen LogP contribution in [0.4, 0.5) is 4.79 Å². The minimum Gasteiger partial charge on any atom is -0.458 e. The van der Waals surface area contributed by atoms with Gasteiger partial charge in [0.2, 0.25) is 0 Å². The number of nitrogens with zero attached hydrogens (tertiary/aromatic N) is 2. The van der Waals surface area contributed by atoms with E-state index in [1.807, 2.05) is 49.5 Å². The Balaban J connectivity index is 1.34. The van der Waals surface area contributed by atoms with Crippen molar-refractivity contribution in [3.05, 3.63) is 78.2 Å². The zero-order chi connectivity index (χ0) is 18.6. The summed E-state index contributed by atoms with van der Waals surface area (Å²) in [5, 5.41) is 12.2. The predicted octanol–water partition coefficient (Wildman–Crippen LogP) is 3.83. The number of amides is 2. The quantitative estimate of drug-likeness (QED) is 0.568. The van der Waals surface area contributed by atoms with Crippen molar-refractivity contribution >= 4 is 16.8 Å². The number of aryl methyl sites for hydroxylation is 1. The summed E-state index contributed by atoms with van der Waals surface area (Å²) >= 11 is 0. The summed E-state index contributed by atoms with van der Waals surface area (Å²) in [5.41, 5.74) is 1.97. The maximum absolute atomic E-state index is 12.1. The van der Waals surface area contributed by atoms with Crippen molar-refractivity contribution < 1.29 is 9.21 Å². The van der Waals surface area contributed by atoms with Crippen molar-refractivity contribution in [3.63, 3.8) is 0 Å². The van der Waals surface area contributed by atoms with Crippen LogP contribution < -0.4 is 10.6 Å². The van der Waals surface area contributed by atoms with Crippen LogP contribution in [0.3, 0.4) is 0 Å². The lowest BCUT2D eigenvalue weighted by molar-refractivity contribution is 0.239. The summed E-state index contributed by atoms with van der Waals surface area (Å²) in [7, 11) is 1.86. The van der Waals surface area contributed by atoms with Gasteiger partial charge in [0, 0.05) is 19.8 Å². The summed E-state index contributed by atoms with van der Waals surface area (Å²) in [5.74, 6) is 1.41. The average Bonchev–Trinajstić information content (AvgIpc) is 3.33. The van der Waals surface area contributed by atoms with Crippen LogP contribution in [-0.2, 0) is 20.1 Å². The van der Waals surface area contributed by atoms with Crippen molar-refractivity contribution in [2.45, 2.75) is 13.1 Å². The zero-order valence-electron chi connectivity index (χ0n) is 15.0. The Morgan fingerprint density at radius 2 is 1.81 bits per heavy atom. The fourth-order valence-electron chi connectivity index (χ4n) is 3.08. The Morgan fingerprint density at radius 1 is 1.00 bits per heavy atom. The molecule has 0 aliphatic rings. The number of urea groups is 1. The first kappa shape index (κ1) is 16.9. The molecule has 0 saturated carbocycles. The van der Waals surface area contributed by atoms with Gasteiger partial charge in [0.15, 0.2) is 5.76 Å². The molecule has 4 aromatic rings. The Bertz CT molecular complexity index is 1080. The minimum atomic E-state index is -0.235.